The van der Waals surface area contributed by atoms with Crippen molar-refractivity contribution in [2.75, 3.05) is 32.9 Å². The van der Waals surface area contributed by atoms with Crippen LogP contribution in [0.2, 0.25) is 0 Å². The highest BCUT2D eigenvalue weighted by molar-refractivity contribution is 5.75. The van der Waals surface area contributed by atoms with Gasteiger partial charge in [-0.1, -0.05) is 13.3 Å². The van der Waals surface area contributed by atoms with Gasteiger partial charge in [-0.2, -0.15) is 0 Å². The zero-order chi connectivity index (χ0) is 14.1. The summed E-state index contributed by atoms with van der Waals surface area (Å²) < 4.78 is 10.6. The van der Waals surface area contributed by atoms with Crippen molar-refractivity contribution in [2.24, 2.45) is 5.92 Å². The average molecular weight is 274 g/mol. The lowest BCUT2D eigenvalue weighted by atomic mass is 10.0. The molecule has 1 fully saturated rings. The molecule has 7 heteroatoms. The van der Waals surface area contributed by atoms with Crippen LogP contribution in [0.25, 0.3) is 0 Å². The Bertz CT molecular complexity index is 292. The van der Waals surface area contributed by atoms with Crippen LogP contribution in [0.15, 0.2) is 0 Å². The van der Waals surface area contributed by atoms with Crippen LogP contribution in [-0.2, 0) is 14.3 Å². The van der Waals surface area contributed by atoms with Crippen LogP contribution >= 0.6 is 0 Å². The first kappa shape index (κ1) is 15.7. The Morgan fingerprint density at radius 3 is 2.74 bits per heavy atom. The Hall–Kier alpha value is -1.34. The summed E-state index contributed by atoms with van der Waals surface area (Å²) in [6.07, 6.45) is 1.19. The van der Waals surface area contributed by atoms with E-state index in [9.17, 15) is 9.59 Å². The molecule has 19 heavy (non-hydrogen) atoms. The molecule has 1 heterocycles. The first-order chi connectivity index (χ1) is 9.13. The molecule has 2 unspecified atom stereocenters. The molecule has 1 rings (SSSR count). The van der Waals surface area contributed by atoms with Crippen LogP contribution in [0.1, 0.15) is 19.8 Å². The van der Waals surface area contributed by atoms with E-state index in [1.165, 1.54) is 0 Å². The number of carboxylic acid groups (broad SMARTS) is 1. The third-order valence-electron chi connectivity index (χ3n) is 2.87. The molecule has 110 valence electrons. The lowest BCUT2D eigenvalue weighted by Crippen LogP contribution is -2.45. The van der Waals surface area contributed by atoms with Gasteiger partial charge in [0.15, 0.2) is 0 Å². The van der Waals surface area contributed by atoms with E-state index in [2.05, 4.69) is 10.6 Å². The maximum absolute atomic E-state index is 11.5. The number of ether oxygens (including phenoxy) is 2. The molecular formula is C12H22N2O5. The first-order valence-corrected chi connectivity index (χ1v) is 6.57. The van der Waals surface area contributed by atoms with E-state index in [4.69, 9.17) is 14.6 Å². The quantitative estimate of drug-likeness (QED) is 0.616. The van der Waals surface area contributed by atoms with Crippen molar-refractivity contribution >= 4 is 12.0 Å². The van der Waals surface area contributed by atoms with Gasteiger partial charge in [0.05, 0.1) is 31.8 Å². The zero-order valence-corrected chi connectivity index (χ0v) is 11.2. The summed E-state index contributed by atoms with van der Waals surface area (Å²) in [5, 5.41) is 14.1. The van der Waals surface area contributed by atoms with Gasteiger partial charge < -0.3 is 25.2 Å². The number of amides is 2. The molecule has 0 spiro atoms. The highest BCUT2D eigenvalue weighted by Crippen LogP contribution is 2.05. The van der Waals surface area contributed by atoms with Crippen molar-refractivity contribution in [2.45, 2.75) is 25.9 Å². The number of aliphatic carboxylic acids is 1. The summed E-state index contributed by atoms with van der Waals surface area (Å²) in [6.45, 7) is 3.99. The monoisotopic (exact) mass is 274 g/mol. The highest BCUT2D eigenvalue weighted by Gasteiger charge is 2.18. The standard InChI is InChI=1S/C12H22N2O5/c1-2-3-9(11(15)16)6-13-12(17)14-7-10-8-18-4-5-19-10/h9-10H,2-8H2,1H3,(H,15,16)(H2,13,14,17). The second kappa shape index (κ2) is 8.71. The second-order valence-corrected chi connectivity index (χ2v) is 4.48. The summed E-state index contributed by atoms with van der Waals surface area (Å²) in [5.41, 5.74) is 0. The van der Waals surface area contributed by atoms with E-state index in [1.54, 1.807) is 0 Å². The van der Waals surface area contributed by atoms with Gasteiger partial charge in [-0.25, -0.2) is 4.79 Å². The molecule has 0 bridgehead atoms. The van der Waals surface area contributed by atoms with Gasteiger partial charge in [-0.15, -0.1) is 0 Å². The molecule has 3 N–H and O–H groups in total. The molecule has 0 radical (unpaired) electrons. The Morgan fingerprint density at radius 2 is 2.16 bits per heavy atom. The highest BCUT2D eigenvalue weighted by atomic mass is 16.6. The number of hydrogen-bond acceptors (Lipinski definition) is 4. The number of carbonyl (C=O) groups excluding carboxylic acids is 1. The van der Waals surface area contributed by atoms with Crippen molar-refractivity contribution in [3.05, 3.63) is 0 Å². The van der Waals surface area contributed by atoms with Gasteiger partial charge in [0.1, 0.15) is 0 Å². The Labute approximate surface area is 112 Å². The predicted octanol–water partition coefficient (Wildman–Crippen LogP) is 0.202. The van der Waals surface area contributed by atoms with Gasteiger partial charge >= 0.3 is 12.0 Å². The molecule has 2 amide bonds. The molecular weight excluding hydrogens is 252 g/mol. The molecule has 1 aliphatic heterocycles. The summed E-state index contributed by atoms with van der Waals surface area (Å²) in [6, 6.07) is -0.378. The summed E-state index contributed by atoms with van der Waals surface area (Å²) in [4.78, 5) is 22.4. The van der Waals surface area contributed by atoms with Crippen molar-refractivity contribution in [1.82, 2.24) is 10.6 Å². The minimum atomic E-state index is -0.883. The van der Waals surface area contributed by atoms with E-state index in [1.807, 2.05) is 6.92 Å². The molecule has 1 saturated heterocycles. The zero-order valence-electron chi connectivity index (χ0n) is 11.2. The second-order valence-electron chi connectivity index (χ2n) is 4.48. The van der Waals surface area contributed by atoms with Crippen LogP contribution in [0, 0.1) is 5.92 Å². The minimum Gasteiger partial charge on any atom is -0.481 e. The number of rotatable bonds is 7. The summed E-state index contributed by atoms with van der Waals surface area (Å²) in [7, 11) is 0. The Balaban J connectivity index is 2.17. The van der Waals surface area contributed by atoms with E-state index in [-0.39, 0.29) is 18.7 Å². The minimum absolute atomic E-state index is 0.134. The maximum atomic E-state index is 11.5. The summed E-state index contributed by atoms with van der Waals surface area (Å²) in [5.74, 6) is -1.42. The van der Waals surface area contributed by atoms with Crippen molar-refractivity contribution in [1.29, 1.82) is 0 Å². The molecule has 0 aromatic heterocycles. The van der Waals surface area contributed by atoms with E-state index in [0.717, 1.165) is 6.42 Å². The van der Waals surface area contributed by atoms with Gasteiger partial charge in [-0.3, -0.25) is 4.79 Å². The van der Waals surface area contributed by atoms with Crippen LogP contribution in [-0.4, -0.2) is 56.1 Å². The number of nitrogens with one attached hydrogen (secondary N) is 2. The van der Waals surface area contributed by atoms with Crippen LogP contribution in [0.3, 0.4) is 0 Å². The fraction of sp³-hybridized carbons (Fsp3) is 0.833. The maximum Gasteiger partial charge on any atom is 0.314 e. The van der Waals surface area contributed by atoms with Crippen molar-refractivity contribution in [3.63, 3.8) is 0 Å². The van der Waals surface area contributed by atoms with Gasteiger partial charge in [0.2, 0.25) is 0 Å². The molecule has 0 aromatic rings. The Kier molecular flexibility index (Phi) is 7.20. The number of carbonyl (C=O) groups is 2. The average Bonchev–Trinajstić information content (AvgIpc) is 2.42. The largest absolute Gasteiger partial charge is 0.481 e. The normalized spacial score (nSPS) is 20.6. The van der Waals surface area contributed by atoms with E-state index < -0.39 is 11.9 Å². The topological polar surface area (TPSA) is 96.9 Å². The predicted molar refractivity (Wildman–Crippen MR) is 68.0 cm³/mol. The van der Waals surface area contributed by atoms with Crippen molar-refractivity contribution in [3.8, 4) is 0 Å². The number of hydrogen-bond donors (Lipinski definition) is 3. The molecule has 1 aliphatic rings. The van der Waals surface area contributed by atoms with E-state index >= 15 is 0 Å². The van der Waals surface area contributed by atoms with Crippen LogP contribution in [0.4, 0.5) is 4.79 Å². The third kappa shape index (κ3) is 6.40. The fourth-order valence-corrected chi connectivity index (χ4v) is 1.80. The number of urea groups is 1. The van der Waals surface area contributed by atoms with Gasteiger partial charge in [0.25, 0.3) is 0 Å². The van der Waals surface area contributed by atoms with Crippen LogP contribution in [0.5, 0.6) is 0 Å². The number of carboxylic acids is 1. The molecule has 2 atom stereocenters. The van der Waals surface area contributed by atoms with Gasteiger partial charge in [-0.05, 0) is 6.42 Å². The first-order valence-electron chi connectivity index (χ1n) is 6.57. The lowest BCUT2D eigenvalue weighted by molar-refractivity contribution is -0.141. The molecule has 0 saturated carbocycles. The third-order valence-corrected chi connectivity index (χ3v) is 2.87. The van der Waals surface area contributed by atoms with Crippen molar-refractivity contribution < 1.29 is 24.2 Å². The van der Waals surface area contributed by atoms with Gasteiger partial charge in [0, 0.05) is 13.1 Å². The Morgan fingerprint density at radius 1 is 1.37 bits per heavy atom. The lowest BCUT2D eigenvalue weighted by Gasteiger charge is -2.23. The SMILES string of the molecule is CCCC(CNC(=O)NCC1COCCO1)C(=O)O. The molecule has 0 aromatic carbocycles. The molecule has 7 nitrogen and oxygen atoms in total. The fourth-order valence-electron chi connectivity index (χ4n) is 1.80. The van der Waals surface area contributed by atoms with Crippen LogP contribution < -0.4 is 10.6 Å². The summed E-state index contributed by atoms with van der Waals surface area (Å²) >= 11 is 0. The molecule has 0 aliphatic carbocycles. The smallest absolute Gasteiger partial charge is 0.314 e. The van der Waals surface area contributed by atoms with E-state index in [0.29, 0.717) is 32.8 Å².